The third-order valence-corrected chi connectivity index (χ3v) is 3.55. The minimum atomic E-state index is -0.394. The number of ether oxygens (including phenoxy) is 1. The molecule has 0 N–H and O–H groups in total. The van der Waals surface area contributed by atoms with E-state index >= 15 is 0 Å². The summed E-state index contributed by atoms with van der Waals surface area (Å²) in [5, 5.41) is 0. The van der Waals surface area contributed by atoms with Gasteiger partial charge in [0.1, 0.15) is 17.6 Å². The van der Waals surface area contributed by atoms with Crippen LogP contribution in [0.5, 0.6) is 5.75 Å². The Morgan fingerprint density at radius 1 is 1.38 bits per heavy atom. The number of rotatable bonds is 4. The molecule has 0 atom stereocenters. The Labute approximate surface area is 124 Å². The molecule has 0 unspecified atom stereocenters. The van der Waals surface area contributed by atoms with Crippen LogP contribution in [0.2, 0.25) is 0 Å². The maximum absolute atomic E-state index is 12.0. The summed E-state index contributed by atoms with van der Waals surface area (Å²) >= 11 is 0. The molecule has 0 radical (unpaired) electrons. The monoisotopic (exact) mass is 293 g/mol. The van der Waals surface area contributed by atoms with Gasteiger partial charge in [-0.25, -0.2) is 4.79 Å². The molecule has 5 nitrogen and oxygen atoms in total. The maximum atomic E-state index is 12.0. The molecule has 2 rings (SSSR count). The first kappa shape index (κ1) is 15.6. The van der Waals surface area contributed by atoms with Crippen molar-refractivity contribution in [2.75, 3.05) is 13.1 Å². The van der Waals surface area contributed by atoms with Gasteiger partial charge in [-0.05, 0) is 12.8 Å². The molecule has 1 aromatic rings. The van der Waals surface area contributed by atoms with E-state index in [9.17, 15) is 9.59 Å². The van der Waals surface area contributed by atoms with Gasteiger partial charge in [-0.3, -0.25) is 4.79 Å². The van der Waals surface area contributed by atoms with Gasteiger partial charge >= 0.3 is 5.63 Å². The second-order valence-corrected chi connectivity index (χ2v) is 6.02. The normalized spacial score (nSPS) is 16.3. The molecule has 1 fully saturated rings. The topological polar surface area (TPSA) is 59.8 Å². The van der Waals surface area contributed by atoms with E-state index in [1.807, 2.05) is 4.90 Å². The Morgan fingerprint density at radius 3 is 2.62 bits per heavy atom. The van der Waals surface area contributed by atoms with Gasteiger partial charge < -0.3 is 14.1 Å². The summed E-state index contributed by atoms with van der Waals surface area (Å²) in [6.07, 6.45) is 2.24. The third-order valence-electron chi connectivity index (χ3n) is 3.55. The van der Waals surface area contributed by atoms with Crippen LogP contribution in [0, 0.1) is 12.8 Å². The second-order valence-electron chi connectivity index (χ2n) is 6.02. The van der Waals surface area contributed by atoms with E-state index in [1.54, 1.807) is 13.0 Å². The number of amides is 1. The molecule has 0 saturated carbocycles. The van der Waals surface area contributed by atoms with Crippen molar-refractivity contribution in [3.05, 3.63) is 28.3 Å². The number of carbonyl (C=O) groups is 1. The minimum Gasteiger partial charge on any atom is -0.490 e. The summed E-state index contributed by atoms with van der Waals surface area (Å²) in [7, 11) is 0. The summed E-state index contributed by atoms with van der Waals surface area (Å²) in [5.41, 5.74) is -0.394. The molecule has 5 heteroatoms. The number of carbonyl (C=O) groups excluding carboxylic acids is 1. The van der Waals surface area contributed by atoms with Crippen molar-refractivity contribution < 1.29 is 13.9 Å². The number of nitrogens with zero attached hydrogens (tertiary/aromatic N) is 1. The zero-order chi connectivity index (χ0) is 15.4. The summed E-state index contributed by atoms with van der Waals surface area (Å²) in [4.78, 5) is 25.2. The average Bonchev–Trinajstić information content (AvgIpc) is 2.37. The Balaban J connectivity index is 1.86. The van der Waals surface area contributed by atoms with E-state index in [0.29, 0.717) is 23.8 Å². The van der Waals surface area contributed by atoms with Gasteiger partial charge in [0.2, 0.25) is 5.91 Å². The molecular weight excluding hydrogens is 270 g/mol. The van der Waals surface area contributed by atoms with Crippen molar-refractivity contribution >= 4 is 5.91 Å². The summed E-state index contributed by atoms with van der Waals surface area (Å²) in [6, 6.07) is 3.08. The Bertz CT molecular complexity index is 541. The first-order valence-electron chi connectivity index (χ1n) is 7.50. The SMILES string of the molecule is Cc1cc(OC2CCN(C(=O)CC(C)C)CC2)cc(=O)o1. The van der Waals surface area contributed by atoms with Crippen LogP contribution in [0.1, 0.15) is 38.9 Å². The van der Waals surface area contributed by atoms with Gasteiger partial charge in [-0.1, -0.05) is 13.8 Å². The van der Waals surface area contributed by atoms with Gasteiger partial charge in [-0.15, -0.1) is 0 Å². The molecule has 0 bridgehead atoms. The summed E-state index contributed by atoms with van der Waals surface area (Å²) in [5.74, 6) is 1.70. The molecule has 0 aromatic carbocycles. The van der Waals surface area contributed by atoms with Crippen LogP contribution in [-0.4, -0.2) is 30.0 Å². The van der Waals surface area contributed by atoms with Crippen molar-refractivity contribution in [2.24, 2.45) is 5.92 Å². The predicted octanol–water partition coefficient (Wildman–Crippen LogP) is 2.36. The molecule has 1 amide bonds. The molecule has 0 spiro atoms. The fourth-order valence-corrected chi connectivity index (χ4v) is 2.54. The summed E-state index contributed by atoms with van der Waals surface area (Å²) in [6.45, 7) is 7.27. The highest BCUT2D eigenvalue weighted by atomic mass is 16.5. The number of hydrogen-bond acceptors (Lipinski definition) is 4. The van der Waals surface area contributed by atoms with E-state index in [2.05, 4.69) is 13.8 Å². The molecule has 116 valence electrons. The smallest absolute Gasteiger partial charge is 0.339 e. The van der Waals surface area contributed by atoms with E-state index in [1.165, 1.54) is 6.07 Å². The highest BCUT2D eigenvalue weighted by Gasteiger charge is 2.24. The lowest BCUT2D eigenvalue weighted by Gasteiger charge is -2.32. The Hall–Kier alpha value is -1.78. The van der Waals surface area contributed by atoms with Gasteiger partial charge in [0.25, 0.3) is 0 Å². The molecular formula is C16H23NO4. The van der Waals surface area contributed by atoms with Crippen molar-refractivity contribution in [3.63, 3.8) is 0 Å². The largest absolute Gasteiger partial charge is 0.490 e. The third kappa shape index (κ3) is 4.62. The van der Waals surface area contributed by atoms with Gasteiger partial charge in [-0.2, -0.15) is 0 Å². The van der Waals surface area contributed by atoms with Crippen molar-refractivity contribution in [3.8, 4) is 5.75 Å². The van der Waals surface area contributed by atoms with Crippen molar-refractivity contribution in [1.82, 2.24) is 4.90 Å². The molecule has 21 heavy (non-hydrogen) atoms. The van der Waals surface area contributed by atoms with E-state index in [0.717, 1.165) is 25.9 Å². The van der Waals surface area contributed by atoms with E-state index < -0.39 is 5.63 Å². The Morgan fingerprint density at radius 2 is 2.05 bits per heavy atom. The highest BCUT2D eigenvalue weighted by Crippen LogP contribution is 2.19. The van der Waals surface area contributed by atoms with E-state index in [4.69, 9.17) is 9.15 Å². The zero-order valence-electron chi connectivity index (χ0n) is 12.9. The highest BCUT2D eigenvalue weighted by molar-refractivity contribution is 5.76. The number of aryl methyl sites for hydroxylation is 1. The lowest BCUT2D eigenvalue weighted by atomic mass is 10.1. The first-order valence-corrected chi connectivity index (χ1v) is 7.50. The van der Waals surface area contributed by atoms with Gasteiger partial charge in [0, 0.05) is 38.4 Å². The fourth-order valence-electron chi connectivity index (χ4n) is 2.54. The standard InChI is InChI=1S/C16H23NO4/c1-11(2)8-15(18)17-6-4-13(5-7-17)21-14-9-12(3)20-16(19)10-14/h9-11,13H,4-8H2,1-3H3. The molecule has 1 aliphatic rings. The van der Waals surface area contributed by atoms with Crippen molar-refractivity contribution in [1.29, 1.82) is 0 Å². The second kappa shape index (κ2) is 6.78. The number of piperidine rings is 1. The molecule has 1 aliphatic heterocycles. The van der Waals surface area contributed by atoms with Gasteiger partial charge in [0.15, 0.2) is 0 Å². The van der Waals surface area contributed by atoms with Crippen LogP contribution in [0.4, 0.5) is 0 Å². The molecule has 2 heterocycles. The van der Waals surface area contributed by atoms with Crippen LogP contribution in [-0.2, 0) is 4.79 Å². The lowest BCUT2D eigenvalue weighted by Crippen LogP contribution is -2.42. The quantitative estimate of drug-likeness (QED) is 0.855. The lowest BCUT2D eigenvalue weighted by molar-refractivity contribution is -0.133. The van der Waals surface area contributed by atoms with Crippen LogP contribution in [0.15, 0.2) is 21.3 Å². The molecule has 0 aliphatic carbocycles. The van der Waals surface area contributed by atoms with Crippen LogP contribution in [0.25, 0.3) is 0 Å². The van der Waals surface area contributed by atoms with Gasteiger partial charge in [0.05, 0.1) is 6.07 Å². The van der Waals surface area contributed by atoms with Crippen LogP contribution in [0.3, 0.4) is 0 Å². The molecule has 1 saturated heterocycles. The predicted molar refractivity (Wildman–Crippen MR) is 79.4 cm³/mol. The minimum absolute atomic E-state index is 0.0503. The van der Waals surface area contributed by atoms with E-state index in [-0.39, 0.29) is 12.0 Å². The fraction of sp³-hybridized carbons (Fsp3) is 0.625. The molecule has 1 aromatic heterocycles. The average molecular weight is 293 g/mol. The number of hydrogen-bond donors (Lipinski definition) is 0. The zero-order valence-corrected chi connectivity index (χ0v) is 12.9. The number of likely N-dealkylation sites (tertiary alicyclic amines) is 1. The summed E-state index contributed by atoms with van der Waals surface area (Å²) < 4.78 is 10.7. The Kier molecular flexibility index (Phi) is 5.04. The van der Waals surface area contributed by atoms with Crippen molar-refractivity contribution in [2.45, 2.75) is 46.1 Å². The van der Waals surface area contributed by atoms with Crippen LogP contribution < -0.4 is 10.4 Å². The maximum Gasteiger partial charge on any atom is 0.339 e. The first-order chi connectivity index (χ1) is 9.94. The van der Waals surface area contributed by atoms with Crippen LogP contribution >= 0.6 is 0 Å².